The normalized spacial score (nSPS) is 31.0. The van der Waals surface area contributed by atoms with Crippen LogP contribution in [0.1, 0.15) is 25.7 Å². The van der Waals surface area contributed by atoms with E-state index in [2.05, 4.69) is 0 Å². The Labute approximate surface area is 138 Å². The minimum Gasteiger partial charge on any atom is -0.388 e. The molecule has 5 unspecified atom stereocenters. The minimum atomic E-state index is -4.28. The standard InChI is InChI=1S/C12H25N2O9P/c13-14-8(15)3-1-2-5-22-12-11(18)10(17)9(16)7(23-12)4-6-24(19,20)21/h7,9-12,16-18H,1-6,13H2,(H,14,15)(H2,19,20,21). The number of ether oxygens (including phenoxy) is 2. The number of aliphatic hydroxyl groups is 3. The number of aliphatic hydroxyl groups excluding tert-OH is 3. The summed E-state index contributed by atoms with van der Waals surface area (Å²) in [5.74, 6) is 4.61. The van der Waals surface area contributed by atoms with Crippen LogP contribution in [-0.2, 0) is 18.8 Å². The van der Waals surface area contributed by atoms with Crippen LogP contribution < -0.4 is 11.3 Å². The van der Waals surface area contributed by atoms with Gasteiger partial charge in [-0.3, -0.25) is 14.8 Å². The van der Waals surface area contributed by atoms with Crippen molar-refractivity contribution in [3.05, 3.63) is 0 Å². The molecule has 0 aliphatic carbocycles. The molecule has 1 fully saturated rings. The summed E-state index contributed by atoms with van der Waals surface area (Å²) in [7, 11) is -4.28. The van der Waals surface area contributed by atoms with Gasteiger partial charge < -0.3 is 34.6 Å². The number of carbonyl (C=O) groups is 1. The van der Waals surface area contributed by atoms with Crippen molar-refractivity contribution >= 4 is 13.5 Å². The molecule has 0 spiro atoms. The molecule has 0 aromatic carbocycles. The maximum absolute atomic E-state index is 10.9. The molecule has 24 heavy (non-hydrogen) atoms. The van der Waals surface area contributed by atoms with Gasteiger partial charge in [0.2, 0.25) is 5.91 Å². The minimum absolute atomic E-state index is 0.119. The van der Waals surface area contributed by atoms with Crippen molar-refractivity contribution < 1.29 is 43.9 Å². The largest absolute Gasteiger partial charge is 0.388 e. The molecule has 8 N–H and O–H groups in total. The molecule has 11 nitrogen and oxygen atoms in total. The molecule has 12 heteroatoms. The fourth-order valence-corrected chi connectivity index (χ4v) is 2.84. The number of carbonyl (C=O) groups excluding carboxylic acids is 1. The summed E-state index contributed by atoms with van der Waals surface area (Å²) in [6, 6.07) is 0. The molecule has 0 bridgehead atoms. The van der Waals surface area contributed by atoms with E-state index in [9.17, 15) is 24.7 Å². The summed E-state index contributed by atoms with van der Waals surface area (Å²) < 4.78 is 21.5. The summed E-state index contributed by atoms with van der Waals surface area (Å²) in [5.41, 5.74) is 1.99. The van der Waals surface area contributed by atoms with Crippen LogP contribution >= 0.6 is 7.60 Å². The highest BCUT2D eigenvalue weighted by Crippen LogP contribution is 2.37. The molecule has 1 saturated heterocycles. The number of nitrogens with two attached hydrogens (primary N) is 1. The van der Waals surface area contributed by atoms with Crippen LogP contribution in [0.25, 0.3) is 0 Å². The second kappa shape index (κ2) is 9.76. The van der Waals surface area contributed by atoms with E-state index < -0.39 is 44.5 Å². The lowest BCUT2D eigenvalue weighted by Gasteiger charge is -2.40. The van der Waals surface area contributed by atoms with Crippen molar-refractivity contribution in [2.75, 3.05) is 12.8 Å². The summed E-state index contributed by atoms with van der Waals surface area (Å²) in [6.45, 7) is 0.119. The van der Waals surface area contributed by atoms with Gasteiger partial charge in [0, 0.05) is 13.0 Å². The lowest BCUT2D eigenvalue weighted by molar-refractivity contribution is -0.297. The number of nitrogens with one attached hydrogen (secondary N) is 1. The predicted molar refractivity (Wildman–Crippen MR) is 80.3 cm³/mol. The maximum atomic E-state index is 10.9. The monoisotopic (exact) mass is 372 g/mol. The molecule has 1 amide bonds. The first kappa shape index (κ1) is 21.4. The van der Waals surface area contributed by atoms with Gasteiger partial charge in [-0.2, -0.15) is 0 Å². The highest BCUT2D eigenvalue weighted by molar-refractivity contribution is 7.51. The quantitative estimate of drug-likeness (QED) is 0.0750. The number of rotatable bonds is 9. The number of hydrogen-bond donors (Lipinski definition) is 7. The molecule has 1 heterocycles. The molecular formula is C12H25N2O9P. The van der Waals surface area contributed by atoms with Gasteiger partial charge in [0.25, 0.3) is 0 Å². The van der Waals surface area contributed by atoms with Crippen LogP contribution in [0.5, 0.6) is 0 Å². The Hall–Kier alpha value is -0.620. The zero-order valence-corrected chi connectivity index (χ0v) is 13.9. The Balaban J connectivity index is 2.44. The van der Waals surface area contributed by atoms with E-state index >= 15 is 0 Å². The van der Waals surface area contributed by atoms with Gasteiger partial charge in [-0.25, -0.2) is 5.84 Å². The van der Waals surface area contributed by atoms with E-state index in [1.807, 2.05) is 5.43 Å². The maximum Gasteiger partial charge on any atom is 0.325 e. The smallest absolute Gasteiger partial charge is 0.325 e. The van der Waals surface area contributed by atoms with E-state index in [1.165, 1.54) is 0 Å². The summed E-state index contributed by atoms with van der Waals surface area (Å²) >= 11 is 0. The molecule has 1 rings (SSSR count). The number of amides is 1. The van der Waals surface area contributed by atoms with Gasteiger partial charge in [0.1, 0.15) is 18.3 Å². The third-order valence-corrected chi connectivity index (χ3v) is 4.46. The van der Waals surface area contributed by atoms with Crippen molar-refractivity contribution in [2.24, 2.45) is 5.84 Å². The SMILES string of the molecule is NNC(=O)CCCCOC1OC(CCP(=O)(O)O)C(O)C(O)C1O. The van der Waals surface area contributed by atoms with Crippen LogP contribution in [0.2, 0.25) is 0 Å². The average molecular weight is 372 g/mol. The van der Waals surface area contributed by atoms with Crippen molar-refractivity contribution in [1.82, 2.24) is 5.43 Å². The van der Waals surface area contributed by atoms with Gasteiger partial charge in [-0.05, 0) is 19.3 Å². The lowest BCUT2D eigenvalue weighted by Crippen LogP contribution is -2.58. The molecule has 0 aromatic rings. The van der Waals surface area contributed by atoms with Crippen LogP contribution in [0, 0.1) is 0 Å². The van der Waals surface area contributed by atoms with Crippen LogP contribution in [0.15, 0.2) is 0 Å². The molecular weight excluding hydrogens is 347 g/mol. The highest BCUT2D eigenvalue weighted by Gasteiger charge is 2.44. The Bertz CT molecular complexity index is 446. The topological polar surface area (TPSA) is 192 Å². The van der Waals surface area contributed by atoms with E-state index in [0.29, 0.717) is 12.8 Å². The third kappa shape index (κ3) is 7.09. The first-order valence-corrected chi connectivity index (χ1v) is 9.30. The van der Waals surface area contributed by atoms with Gasteiger partial charge in [-0.15, -0.1) is 0 Å². The third-order valence-electron chi connectivity index (χ3n) is 3.61. The van der Waals surface area contributed by atoms with E-state index in [0.717, 1.165) is 0 Å². The zero-order chi connectivity index (χ0) is 18.3. The number of unbranched alkanes of at least 4 members (excludes halogenated alkanes) is 1. The van der Waals surface area contributed by atoms with Gasteiger partial charge in [0.05, 0.1) is 12.3 Å². The van der Waals surface area contributed by atoms with E-state index in [4.69, 9.17) is 25.1 Å². The Morgan fingerprint density at radius 3 is 2.42 bits per heavy atom. The van der Waals surface area contributed by atoms with E-state index in [-0.39, 0.29) is 25.4 Å². The Morgan fingerprint density at radius 2 is 1.83 bits per heavy atom. The lowest BCUT2D eigenvalue weighted by atomic mass is 9.97. The molecule has 0 saturated carbocycles. The number of hydrazine groups is 1. The number of hydrogen-bond acceptors (Lipinski definition) is 8. The molecule has 0 radical (unpaired) electrons. The average Bonchev–Trinajstić information content (AvgIpc) is 2.52. The second-order valence-corrected chi connectivity index (χ2v) is 7.36. The molecule has 142 valence electrons. The first-order chi connectivity index (χ1) is 11.2. The Kier molecular flexibility index (Phi) is 8.71. The van der Waals surface area contributed by atoms with E-state index in [1.54, 1.807) is 0 Å². The molecule has 1 aliphatic rings. The fourth-order valence-electron chi connectivity index (χ4n) is 2.25. The first-order valence-electron chi connectivity index (χ1n) is 7.51. The zero-order valence-electron chi connectivity index (χ0n) is 13.0. The van der Waals surface area contributed by atoms with Crippen molar-refractivity contribution in [3.63, 3.8) is 0 Å². The summed E-state index contributed by atoms with van der Waals surface area (Å²) in [4.78, 5) is 28.7. The second-order valence-electron chi connectivity index (χ2n) is 5.59. The Morgan fingerprint density at radius 1 is 1.17 bits per heavy atom. The fraction of sp³-hybridized carbons (Fsp3) is 0.917. The molecule has 5 atom stereocenters. The van der Waals surface area contributed by atoms with Gasteiger partial charge >= 0.3 is 7.60 Å². The predicted octanol–water partition coefficient (Wildman–Crippen LogP) is -2.46. The van der Waals surface area contributed by atoms with Crippen molar-refractivity contribution in [2.45, 2.75) is 56.4 Å². The van der Waals surface area contributed by atoms with Crippen molar-refractivity contribution in [3.8, 4) is 0 Å². The molecule has 0 aromatic heterocycles. The highest BCUT2D eigenvalue weighted by atomic mass is 31.2. The van der Waals surface area contributed by atoms with Crippen LogP contribution in [0.4, 0.5) is 0 Å². The van der Waals surface area contributed by atoms with Gasteiger partial charge in [0.15, 0.2) is 6.29 Å². The summed E-state index contributed by atoms with van der Waals surface area (Å²) in [5, 5.41) is 29.5. The molecule has 1 aliphatic heterocycles. The summed E-state index contributed by atoms with van der Waals surface area (Å²) in [6.07, 6.45) is -6.45. The van der Waals surface area contributed by atoms with Crippen molar-refractivity contribution in [1.29, 1.82) is 0 Å². The van der Waals surface area contributed by atoms with Gasteiger partial charge in [-0.1, -0.05) is 0 Å². The van der Waals surface area contributed by atoms with Crippen LogP contribution in [-0.4, -0.2) is 74.5 Å². The van der Waals surface area contributed by atoms with Crippen LogP contribution in [0.3, 0.4) is 0 Å².